The summed E-state index contributed by atoms with van der Waals surface area (Å²) in [4.78, 5) is 10.9. The normalized spacial score (nSPS) is 11.4. The van der Waals surface area contributed by atoms with Gasteiger partial charge in [0, 0.05) is 18.0 Å². The summed E-state index contributed by atoms with van der Waals surface area (Å²) in [6, 6.07) is 9.05. The highest BCUT2D eigenvalue weighted by Gasteiger charge is 2.04. The van der Waals surface area contributed by atoms with Gasteiger partial charge in [-0.15, -0.1) is 0 Å². The van der Waals surface area contributed by atoms with Crippen LogP contribution in [0.25, 0.3) is 11.3 Å². The van der Waals surface area contributed by atoms with Crippen LogP contribution in [0, 0.1) is 0 Å². The van der Waals surface area contributed by atoms with E-state index < -0.39 is 0 Å². The van der Waals surface area contributed by atoms with Gasteiger partial charge in [0.1, 0.15) is 0 Å². The largest absolute Gasteiger partial charge is 0.292 e. The van der Waals surface area contributed by atoms with Crippen molar-refractivity contribution in [1.29, 1.82) is 0 Å². The first-order valence-electron chi connectivity index (χ1n) is 5.38. The lowest BCUT2D eigenvalue weighted by Crippen LogP contribution is -2.04. The van der Waals surface area contributed by atoms with Crippen molar-refractivity contribution in [2.45, 2.75) is 6.92 Å². The molecule has 19 heavy (non-hydrogen) atoms. The summed E-state index contributed by atoms with van der Waals surface area (Å²) < 4.78 is 0. The Morgan fingerprint density at radius 3 is 2.68 bits per heavy atom. The molecular weight excluding hydrogens is 287 g/mol. The van der Waals surface area contributed by atoms with Crippen molar-refractivity contribution >= 4 is 40.0 Å². The van der Waals surface area contributed by atoms with E-state index in [4.69, 9.17) is 23.2 Å². The smallest absolute Gasteiger partial charge is 0.192 e. The van der Waals surface area contributed by atoms with Crippen molar-refractivity contribution in [3.63, 3.8) is 0 Å². The van der Waals surface area contributed by atoms with Gasteiger partial charge in [0.25, 0.3) is 0 Å². The number of rotatable bonds is 4. The van der Waals surface area contributed by atoms with E-state index in [2.05, 4.69) is 20.7 Å². The first kappa shape index (κ1) is 13.6. The molecule has 2 aromatic rings. The summed E-state index contributed by atoms with van der Waals surface area (Å²) >= 11 is 11.4. The molecule has 7 heteroatoms. The highest BCUT2D eigenvalue weighted by molar-refractivity contribution is 6.82. The molecule has 1 aromatic heterocycles. The Morgan fingerprint density at radius 2 is 2.05 bits per heavy atom. The van der Waals surface area contributed by atoms with Crippen LogP contribution in [0.2, 0.25) is 5.02 Å². The van der Waals surface area contributed by atoms with E-state index >= 15 is 0 Å². The van der Waals surface area contributed by atoms with E-state index in [9.17, 15) is 4.79 Å². The fraction of sp³-hybridized carbons (Fsp3) is 0.0833. The van der Waals surface area contributed by atoms with Gasteiger partial charge in [0.15, 0.2) is 16.8 Å². The summed E-state index contributed by atoms with van der Waals surface area (Å²) in [5.41, 5.74) is 4.33. The van der Waals surface area contributed by atoms with Crippen LogP contribution in [0.3, 0.4) is 0 Å². The Balaban J connectivity index is 2.13. The topological polar surface area (TPSA) is 70.1 Å². The Hall–Kier alpha value is -1.85. The van der Waals surface area contributed by atoms with Crippen LogP contribution in [-0.4, -0.2) is 21.2 Å². The molecule has 1 heterocycles. The highest BCUT2D eigenvalue weighted by atomic mass is 35.5. The molecule has 0 bridgehead atoms. The van der Waals surface area contributed by atoms with E-state index in [-0.39, 0.29) is 11.0 Å². The molecule has 0 saturated heterocycles. The number of aromatic amines is 1. The van der Waals surface area contributed by atoms with Gasteiger partial charge in [-0.25, -0.2) is 0 Å². The molecule has 0 unspecified atom stereocenters. The molecule has 0 atom stereocenters. The molecule has 0 radical (unpaired) electrons. The van der Waals surface area contributed by atoms with Gasteiger partial charge in [-0.2, -0.15) is 10.2 Å². The van der Waals surface area contributed by atoms with Crippen LogP contribution >= 0.6 is 23.2 Å². The molecular formula is C12H10Cl2N4O. The average molecular weight is 297 g/mol. The predicted molar refractivity (Wildman–Crippen MR) is 76.6 cm³/mol. The first-order valence-corrected chi connectivity index (χ1v) is 6.13. The van der Waals surface area contributed by atoms with Gasteiger partial charge >= 0.3 is 0 Å². The summed E-state index contributed by atoms with van der Waals surface area (Å²) in [5.74, 6) is 0.145. The highest BCUT2D eigenvalue weighted by Crippen LogP contribution is 2.21. The van der Waals surface area contributed by atoms with E-state index in [0.717, 1.165) is 11.3 Å². The fourth-order valence-corrected chi connectivity index (χ4v) is 1.51. The lowest BCUT2D eigenvalue weighted by Gasteiger charge is -1.96. The van der Waals surface area contributed by atoms with Gasteiger partial charge in [0.2, 0.25) is 0 Å². The molecule has 98 valence electrons. The Kier molecular flexibility index (Phi) is 4.19. The molecule has 0 saturated carbocycles. The number of anilines is 1. The van der Waals surface area contributed by atoms with Crippen LogP contribution in [0.5, 0.6) is 0 Å². The van der Waals surface area contributed by atoms with Crippen LogP contribution in [0.1, 0.15) is 6.92 Å². The lowest BCUT2D eigenvalue weighted by molar-refractivity contribution is -0.110. The Labute approximate surface area is 119 Å². The zero-order valence-corrected chi connectivity index (χ0v) is 11.5. The standard InChI is InChI=1S/C12H10Cl2N4O/c1-7(19)12(14)18-17-11-6-10(15-16-11)8-2-4-9(13)5-3-8/h2-6H,1H3,(H2,15,16,17)/b18-12-. The maximum atomic E-state index is 10.9. The van der Waals surface area contributed by atoms with E-state index in [1.807, 2.05) is 12.1 Å². The van der Waals surface area contributed by atoms with Crippen LogP contribution in [0.4, 0.5) is 5.82 Å². The van der Waals surface area contributed by atoms with Crippen molar-refractivity contribution in [2.75, 3.05) is 5.43 Å². The van der Waals surface area contributed by atoms with Crippen LogP contribution in [-0.2, 0) is 4.79 Å². The van der Waals surface area contributed by atoms with Crippen molar-refractivity contribution in [2.24, 2.45) is 5.10 Å². The first-order chi connectivity index (χ1) is 9.06. The van der Waals surface area contributed by atoms with E-state index in [1.54, 1.807) is 18.2 Å². The van der Waals surface area contributed by atoms with E-state index in [0.29, 0.717) is 10.8 Å². The Morgan fingerprint density at radius 1 is 1.37 bits per heavy atom. The van der Waals surface area contributed by atoms with Crippen LogP contribution < -0.4 is 5.43 Å². The maximum Gasteiger partial charge on any atom is 0.192 e. The molecule has 1 aromatic carbocycles. The second-order valence-electron chi connectivity index (χ2n) is 3.74. The zero-order chi connectivity index (χ0) is 13.8. The minimum absolute atomic E-state index is 0.129. The predicted octanol–water partition coefficient (Wildman–Crippen LogP) is 3.28. The van der Waals surface area contributed by atoms with Gasteiger partial charge in [0.05, 0.1) is 5.69 Å². The summed E-state index contributed by atoms with van der Waals surface area (Å²) in [6.07, 6.45) is 0. The molecule has 2 N–H and O–H groups in total. The summed E-state index contributed by atoms with van der Waals surface area (Å²) in [7, 11) is 0. The average Bonchev–Trinajstić information content (AvgIpc) is 2.85. The number of Topliss-reactive ketones (excluding diaryl/α,β-unsaturated/α-hetero) is 1. The number of carbonyl (C=O) groups excluding carboxylic acids is 1. The number of hydrogen-bond acceptors (Lipinski definition) is 4. The maximum absolute atomic E-state index is 10.9. The molecule has 5 nitrogen and oxygen atoms in total. The second kappa shape index (κ2) is 5.86. The summed E-state index contributed by atoms with van der Waals surface area (Å²) in [6.45, 7) is 1.33. The number of ketones is 1. The van der Waals surface area contributed by atoms with E-state index in [1.165, 1.54) is 6.92 Å². The Bertz CT molecular complexity index is 619. The van der Waals surface area contributed by atoms with Crippen molar-refractivity contribution in [1.82, 2.24) is 10.2 Å². The number of carbonyl (C=O) groups is 1. The molecule has 0 aliphatic heterocycles. The quantitative estimate of drug-likeness (QED) is 0.672. The number of benzene rings is 1. The van der Waals surface area contributed by atoms with Gasteiger partial charge in [-0.1, -0.05) is 35.3 Å². The summed E-state index contributed by atoms with van der Waals surface area (Å²) in [5, 5.41) is 11.1. The molecule has 0 spiro atoms. The second-order valence-corrected chi connectivity index (χ2v) is 4.54. The van der Waals surface area contributed by atoms with Gasteiger partial charge in [-0.05, 0) is 17.7 Å². The molecule has 0 aliphatic carbocycles. The number of H-pyrrole nitrogens is 1. The molecule has 0 aliphatic rings. The molecule has 2 rings (SSSR count). The molecule has 0 fully saturated rings. The number of aromatic nitrogens is 2. The number of nitrogens with zero attached hydrogens (tertiary/aromatic N) is 2. The number of hydrogen-bond donors (Lipinski definition) is 2. The fourth-order valence-electron chi connectivity index (χ4n) is 1.34. The van der Waals surface area contributed by atoms with Gasteiger partial charge < -0.3 is 0 Å². The minimum atomic E-state index is -0.317. The third kappa shape index (κ3) is 3.56. The number of nitrogens with one attached hydrogen (secondary N) is 2. The van der Waals surface area contributed by atoms with Crippen molar-refractivity contribution in [3.8, 4) is 11.3 Å². The number of halogens is 2. The number of hydrazone groups is 1. The van der Waals surface area contributed by atoms with Gasteiger partial charge in [-0.3, -0.25) is 15.3 Å². The lowest BCUT2D eigenvalue weighted by atomic mass is 10.1. The minimum Gasteiger partial charge on any atom is -0.292 e. The monoisotopic (exact) mass is 296 g/mol. The SMILES string of the molecule is CC(=O)/C(Cl)=N/Nc1cc(-c2ccc(Cl)cc2)[nH]n1. The zero-order valence-electron chi connectivity index (χ0n) is 9.95. The van der Waals surface area contributed by atoms with Crippen LogP contribution in [0.15, 0.2) is 35.4 Å². The van der Waals surface area contributed by atoms with Crippen molar-refractivity contribution in [3.05, 3.63) is 35.4 Å². The van der Waals surface area contributed by atoms with Crippen molar-refractivity contribution < 1.29 is 4.79 Å². The molecule has 0 amide bonds. The third-order valence-corrected chi connectivity index (χ3v) is 2.89. The third-order valence-electron chi connectivity index (χ3n) is 2.29.